The van der Waals surface area contributed by atoms with Crippen molar-refractivity contribution in [1.82, 2.24) is 24.1 Å². The molecule has 2 unspecified atom stereocenters. The minimum atomic E-state index is -0.0958. The Balaban J connectivity index is 1.62. The summed E-state index contributed by atoms with van der Waals surface area (Å²) in [4.78, 5) is 26.6. The van der Waals surface area contributed by atoms with Crippen LogP contribution in [-0.2, 0) is 13.5 Å². The van der Waals surface area contributed by atoms with Crippen LogP contribution in [0.25, 0.3) is 5.65 Å². The van der Waals surface area contributed by atoms with Gasteiger partial charge in [-0.25, -0.2) is 14.2 Å². The summed E-state index contributed by atoms with van der Waals surface area (Å²) < 4.78 is 8.51. The van der Waals surface area contributed by atoms with Crippen LogP contribution in [0.1, 0.15) is 37.7 Å². The van der Waals surface area contributed by atoms with Gasteiger partial charge in [0.2, 0.25) is 0 Å². The van der Waals surface area contributed by atoms with Crippen molar-refractivity contribution in [3.63, 3.8) is 0 Å². The van der Waals surface area contributed by atoms with E-state index >= 15 is 0 Å². The summed E-state index contributed by atoms with van der Waals surface area (Å²) in [7, 11) is 3.36. The molecule has 9 heteroatoms. The predicted octanol–water partition coefficient (Wildman–Crippen LogP) is 2.16. The molecule has 168 valence electrons. The molecule has 1 aliphatic rings. The number of piperazine rings is 1. The van der Waals surface area contributed by atoms with Crippen LogP contribution in [0.5, 0.6) is 5.75 Å². The lowest BCUT2D eigenvalue weighted by Gasteiger charge is -2.44. The van der Waals surface area contributed by atoms with E-state index in [4.69, 9.17) is 10.00 Å². The second-order valence-corrected chi connectivity index (χ2v) is 8.18. The molecule has 1 saturated heterocycles. The van der Waals surface area contributed by atoms with Crippen LogP contribution < -0.4 is 15.2 Å². The maximum atomic E-state index is 12.7. The first kappa shape index (κ1) is 21.8. The quantitative estimate of drug-likeness (QED) is 0.586. The number of aryl methyl sites for hydroxylation is 1. The van der Waals surface area contributed by atoms with Crippen molar-refractivity contribution in [2.75, 3.05) is 31.6 Å². The zero-order chi connectivity index (χ0) is 22.8. The molecule has 1 fully saturated rings. The molecular weight excluding hydrogens is 406 g/mol. The molecule has 32 heavy (non-hydrogen) atoms. The molecule has 0 aliphatic carbocycles. The highest BCUT2D eigenvalue weighted by Gasteiger charge is 2.31. The van der Waals surface area contributed by atoms with E-state index in [0.29, 0.717) is 11.3 Å². The van der Waals surface area contributed by atoms with Crippen molar-refractivity contribution in [2.24, 2.45) is 7.05 Å². The fourth-order valence-electron chi connectivity index (χ4n) is 4.42. The lowest BCUT2D eigenvalue weighted by molar-refractivity contribution is 0.166. The Labute approximate surface area is 187 Å². The Kier molecular flexibility index (Phi) is 6.15. The molecule has 3 aromatic heterocycles. The zero-order valence-electron chi connectivity index (χ0n) is 19.0. The number of fused-ring (bicyclic) bond motifs is 1. The van der Waals surface area contributed by atoms with E-state index in [1.54, 1.807) is 37.1 Å². The molecule has 4 rings (SSSR count). The zero-order valence-corrected chi connectivity index (χ0v) is 19.0. The molecule has 0 bridgehead atoms. The Hall–Kier alpha value is -3.38. The van der Waals surface area contributed by atoms with Crippen molar-refractivity contribution in [3.8, 4) is 11.8 Å². The van der Waals surface area contributed by atoms with Crippen LogP contribution >= 0.6 is 0 Å². The molecule has 0 saturated carbocycles. The summed E-state index contributed by atoms with van der Waals surface area (Å²) in [5.41, 5.74) is 3.13. The van der Waals surface area contributed by atoms with Gasteiger partial charge in [-0.1, -0.05) is 6.92 Å². The number of aromatic nitrogens is 4. The number of hydrogen-bond acceptors (Lipinski definition) is 7. The minimum absolute atomic E-state index is 0.0958. The number of rotatable bonds is 6. The average molecular weight is 436 g/mol. The predicted molar refractivity (Wildman–Crippen MR) is 122 cm³/mol. The molecule has 0 amide bonds. The van der Waals surface area contributed by atoms with Gasteiger partial charge in [0.05, 0.1) is 49.1 Å². The molecule has 3 aromatic rings. The van der Waals surface area contributed by atoms with Crippen LogP contribution in [0, 0.1) is 11.3 Å². The first-order valence-corrected chi connectivity index (χ1v) is 10.9. The van der Waals surface area contributed by atoms with Gasteiger partial charge in [0.1, 0.15) is 5.75 Å². The summed E-state index contributed by atoms with van der Waals surface area (Å²) in [6.07, 6.45) is 4.68. The molecule has 0 spiro atoms. The summed E-state index contributed by atoms with van der Waals surface area (Å²) in [5, 5.41) is 9.08. The van der Waals surface area contributed by atoms with Gasteiger partial charge in [-0.2, -0.15) is 5.26 Å². The molecule has 0 N–H and O–H groups in total. The van der Waals surface area contributed by atoms with E-state index in [-0.39, 0.29) is 24.1 Å². The Bertz CT molecular complexity index is 1190. The fourth-order valence-corrected chi connectivity index (χ4v) is 4.42. The van der Waals surface area contributed by atoms with Crippen LogP contribution in [-0.4, -0.2) is 56.9 Å². The molecule has 0 aromatic carbocycles. The number of anilines is 1. The summed E-state index contributed by atoms with van der Waals surface area (Å²) >= 11 is 0. The number of nitriles is 1. The normalized spacial score (nSPS) is 18.0. The van der Waals surface area contributed by atoms with E-state index in [9.17, 15) is 4.79 Å². The van der Waals surface area contributed by atoms with E-state index in [0.717, 1.165) is 43.2 Å². The smallest absolute Gasteiger partial charge is 0.267 e. The van der Waals surface area contributed by atoms with Crippen molar-refractivity contribution in [1.29, 1.82) is 5.26 Å². The lowest BCUT2D eigenvalue weighted by Crippen LogP contribution is -2.54. The van der Waals surface area contributed by atoms with Gasteiger partial charge in [0.15, 0.2) is 5.65 Å². The first-order chi connectivity index (χ1) is 15.5. The van der Waals surface area contributed by atoms with Crippen LogP contribution in [0.15, 0.2) is 35.4 Å². The SMILES string of the molecule is CCC1CN(C(C)c2ccc(OC)cn2)CCN1c1cc(=O)n(C)n2cc(CC#N)nc12. The maximum Gasteiger partial charge on any atom is 0.267 e. The van der Waals surface area contributed by atoms with Crippen molar-refractivity contribution >= 4 is 11.3 Å². The number of pyridine rings is 1. The number of methoxy groups -OCH3 is 1. The third kappa shape index (κ3) is 3.94. The molecule has 9 nitrogen and oxygen atoms in total. The third-order valence-electron chi connectivity index (χ3n) is 6.39. The number of imidazole rings is 1. The summed E-state index contributed by atoms with van der Waals surface area (Å²) in [6, 6.07) is 8.18. The number of ether oxygens (including phenoxy) is 1. The topological polar surface area (TPSA) is 91.7 Å². The Morgan fingerprint density at radius 2 is 2.16 bits per heavy atom. The highest BCUT2D eigenvalue weighted by Crippen LogP contribution is 2.29. The van der Waals surface area contributed by atoms with Crippen LogP contribution in [0.2, 0.25) is 0 Å². The summed E-state index contributed by atoms with van der Waals surface area (Å²) in [6.45, 7) is 6.83. The van der Waals surface area contributed by atoms with Gasteiger partial charge in [-0.15, -0.1) is 0 Å². The van der Waals surface area contributed by atoms with Crippen LogP contribution in [0.3, 0.4) is 0 Å². The van der Waals surface area contributed by atoms with Gasteiger partial charge in [0, 0.05) is 44.8 Å². The molecule has 1 aliphatic heterocycles. The second-order valence-electron chi connectivity index (χ2n) is 8.18. The van der Waals surface area contributed by atoms with Gasteiger partial charge in [-0.05, 0) is 25.5 Å². The third-order valence-corrected chi connectivity index (χ3v) is 6.39. The molecule has 4 heterocycles. The van der Waals surface area contributed by atoms with Crippen LogP contribution in [0.4, 0.5) is 5.69 Å². The largest absolute Gasteiger partial charge is 0.495 e. The Morgan fingerprint density at radius 3 is 2.81 bits per heavy atom. The Morgan fingerprint density at radius 1 is 1.34 bits per heavy atom. The van der Waals surface area contributed by atoms with Gasteiger partial charge in [0.25, 0.3) is 5.56 Å². The fraction of sp³-hybridized carbons (Fsp3) is 0.478. The molecule has 2 atom stereocenters. The van der Waals surface area contributed by atoms with Gasteiger partial charge in [-0.3, -0.25) is 14.7 Å². The van der Waals surface area contributed by atoms with E-state index < -0.39 is 0 Å². The van der Waals surface area contributed by atoms with Gasteiger partial charge >= 0.3 is 0 Å². The van der Waals surface area contributed by atoms with Crippen molar-refractivity contribution in [2.45, 2.75) is 38.8 Å². The maximum absolute atomic E-state index is 12.7. The highest BCUT2D eigenvalue weighted by atomic mass is 16.5. The first-order valence-electron chi connectivity index (χ1n) is 10.9. The van der Waals surface area contributed by atoms with E-state index in [2.05, 4.69) is 39.7 Å². The highest BCUT2D eigenvalue weighted by molar-refractivity contribution is 5.69. The van der Waals surface area contributed by atoms with Gasteiger partial charge < -0.3 is 9.64 Å². The minimum Gasteiger partial charge on any atom is -0.495 e. The number of hydrogen-bond donors (Lipinski definition) is 0. The van der Waals surface area contributed by atoms with Crippen molar-refractivity contribution < 1.29 is 4.74 Å². The molecular formula is C23H29N7O2. The van der Waals surface area contributed by atoms with E-state index in [1.165, 1.54) is 4.68 Å². The number of nitrogens with zero attached hydrogens (tertiary/aromatic N) is 7. The standard InChI is InChI=1S/C23H29N7O2/c1-5-18-15-28(16(2)20-7-6-19(32-4)13-25-20)10-11-29(18)21-12-22(31)27(3)30-14-17(8-9-24)26-23(21)30/h6-7,12-14,16,18H,5,8,10-11,15H2,1-4H3. The summed E-state index contributed by atoms with van der Waals surface area (Å²) in [5.74, 6) is 0.752. The monoisotopic (exact) mass is 435 g/mol. The van der Waals surface area contributed by atoms with E-state index in [1.807, 2.05) is 12.1 Å². The van der Waals surface area contributed by atoms with Crippen molar-refractivity contribution in [3.05, 3.63) is 52.3 Å². The second kappa shape index (κ2) is 9.01. The molecule has 0 radical (unpaired) electrons. The lowest BCUT2D eigenvalue weighted by atomic mass is 10.0. The average Bonchev–Trinajstić information content (AvgIpc) is 3.25.